The van der Waals surface area contributed by atoms with Crippen molar-refractivity contribution in [1.82, 2.24) is 5.32 Å². The van der Waals surface area contributed by atoms with Gasteiger partial charge in [-0.1, -0.05) is 26.0 Å². The van der Waals surface area contributed by atoms with Crippen LogP contribution in [0.3, 0.4) is 0 Å². The summed E-state index contributed by atoms with van der Waals surface area (Å²) in [5.74, 6) is 0.0509. The minimum atomic E-state index is 0.0509. The predicted molar refractivity (Wildman–Crippen MR) is 75.1 cm³/mol. The fraction of sp³-hybridized carbons (Fsp3) is 0.533. The van der Waals surface area contributed by atoms with E-state index in [9.17, 15) is 4.79 Å². The number of hydrogen-bond acceptors (Lipinski definition) is 2. The Morgan fingerprint density at radius 3 is 2.89 bits per heavy atom. The minimum Gasteiger partial charge on any atom is -0.384 e. The van der Waals surface area contributed by atoms with Crippen molar-refractivity contribution in [2.75, 3.05) is 11.9 Å². The number of nitrogens with one attached hydrogen (secondary N) is 2. The molecule has 2 N–H and O–H groups in total. The van der Waals surface area contributed by atoms with Gasteiger partial charge in [-0.15, -0.1) is 0 Å². The third-order valence-electron chi connectivity index (χ3n) is 3.64. The van der Waals surface area contributed by atoms with Crippen LogP contribution in [0.4, 0.5) is 5.69 Å². The number of aryl methyl sites for hydroxylation is 1. The van der Waals surface area contributed by atoms with Crippen LogP contribution in [0, 0.1) is 0 Å². The van der Waals surface area contributed by atoms with E-state index in [2.05, 4.69) is 30.5 Å². The first-order valence-corrected chi connectivity index (χ1v) is 6.92. The molecule has 0 radical (unpaired) electrons. The molecule has 0 bridgehead atoms. The molecule has 0 saturated carbocycles. The third kappa shape index (κ3) is 2.66. The molecule has 1 heterocycles. The largest absolute Gasteiger partial charge is 0.384 e. The fourth-order valence-corrected chi connectivity index (χ4v) is 2.45. The van der Waals surface area contributed by atoms with E-state index in [1.165, 1.54) is 5.56 Å². The number of fused-ring (bicyclic) bond motifs is 1. The van der Waals surface area contributed by atoms with Gasteiger partial charge in [-0.3, -0.25) is 4.79 Å². The molecule has 0 fully saturated rings. The average Bonchev–Trinajstić information content (AvgIpc) is 2.43. The summed E-state index contributed by atoms with van der Waals surface area (Å²) in [5, 5.41) is 6.46. The molecule has 0 saturated heterocycles. The average molecular weight is 246 g/mol. The second-order valence-electron chi connectivity index (χ2n) is 4.86. The summed E-state index contributed by atoms with van der Waals surface area (Å²) in [4.78, 5) is 12.3. The molecule has 0 unspecified atom stereocenters. The molecule has 1 aliphatic rings. The van der Waals surface area contributed by atoms with Gasteiger partial charge in [0.2, 0.25) is 0 Å². The third-order valence-corrected chi connectivity index (χ3v) is 3.64. The molecule has 0 atom stereocenters. The van der Waals surface area contributed by atoms with Crippen LogP contribution >= 0.6 is 0 Å². The number of rotatable bonds is 4. The lowest BCUT2D eigenvalue weighted by atomic mass is 9.98. The number of carbonyl (C=O) groups excluding carboxylic acids is 1. The Morgan fingerprint density at radius 1 is 1.39 bits per heavy atom. The monoisotopic (exact) mass is 246 g/mol. The molecule has 98 valence electrons. The molecule has 2 rings (SSSR count). The van der Waals surface area contributed by atoms with Gasteiger partial charge in [-0.25, -0.2) is 0 Å². The van der Waals surface area contributed by atoms with Gasteiger partial charge >= 0.3 is 0 Å². The maximum absolute atomic E-state index is 12.3. The van der Waals surface area contributed by atoms with Crippen molar-refractivity contribution >= 4 is 11.6 Å². The zero-order valence-electron chi connectivity index (χ0n) is 11.3. The van der Waals surface area contributed by atoms with Crippen molar-refractivity contribution in [1.29, 1.82) is 0 Å². The zero-order valence-corrected chi connectivity index (χ0v) is 11.3. The Hall–Kier alpha value is -1.51. The van der Waals surface area contributed by atoms with E-state index in [1.54, 1.807) is 0 Å². The highest BCUT2D eigenvalue weighted by molar-refractivity contribution is 6.00. The topological polar surface area (TPSA) is 41.1 Å². The molecular weight excluding hydrogens is 224 g/mol. The van der Waals surface area contributed by atoms with Crippen LogP contribution in [0.1, 0.15) is 49.0 Å². The lowest BCUT2D eigenvalue weighted by Gasteiger charge is -2.22. The van der Waals surface area contributed by atoms with Gasteiger partial charge in [0.25, 0.3) is 5.91 Å². The standard InChI is InChI=1S/C15H22N2O/c1-3-12(4-2)17-15(18)13-9-5-7-11-8-6-10-16-14(11)13/h5,7,9,12,16H,3-4,6,8,10H2,1-2H3,(H,17,18). The highest BCUT2D eigenvalue weighted by Crippen LogP contribution is 2.26. The Kier molecular flexibility index (Phi) is 4.24. The van der Waals surface area contributed by atoms with E-state index in [4.69, 9.17) is 0 Å². The van der Waals surface area contributed by atoms with Crippen LogP contribution in [0.5, 0.6) is 0 Å². The normalized spacial score (nSPS) is 13.9. The van der Waals surface area contributed by atoms with Gasteiger partial charge in [0.15, 0.2) is 0 Å². The van der Waals surface area contributed by atoms with Crippen LogP contribution in [0.2, 0.25) is 0 Å². The first-order valence-electron chi connectivity index (χ1n) is 6.92. The Bertz CT molecular complexity index is 425. The molecule has 1 aromatic carbocycles. The highest BCUT2D eigenvalue weighted by atomic mass is 16.1. The Labute approximate surface area is 109 Å². The highest BCUT2D eigenvalue weighted by Gasteiger charge is 2.18. The molecule has 0 spiro atoms. The summed E-state index contributed by atoms with van der Waals surface area (Å²) < 4.78 is 0. The van der Waals surface area contributed by atoms with E-state index >= 15 is 0 Å². The smallest absolute Gasteiger partial charge is 0.253 e. The number of benzene rings is 1. The SMILES string of the molecule is CCC(CC)NC(=O)c1cccc2c1NCCC2. The molecule has 1 aliphatic heterocycles. The summed E-state index contributed by atoms with van der Waals surface area (Å²) in [7, 11) is 0. The summed E-state index contributed by atoms with van der Waals surface area (Å²) in [6.45, 7) is 5.17. The molecule has 18 heavy (non-hydrogen) atoms. The fourth-order valence-electron chi connectivity index (χ4n) is 2.45. The minimum absolute atomic E-state index is 0.0509. The molecule has 3 heteroatoms. The first-order chi connectivity index (χ1) is 8.76. The Morgan fingerprint density at radius 2 is 2.17 bits per heavy atom. The number of anilines is 1. The van der Waals surface area contributed by atoms with Crippen molar-refractivity contribution in [3.8, 4) is 0 Å². The van der Waals surface area contributed by atoms with Crippen LogP contribution in [-0.4, -0.2) is 18.5 Å². The van der Waals surface area contributed by atoms with E-state index in [-0.39, 0.29) is 11.9 Å². The summed E-state index contributed by atoms with van der Waals surface area (Å²) in [6.07, 6.45) is 4.16. The van der Waals surface area contributed by atoms with Gasteiger partial charge in [-0.2, -0.15) is 0 Å². The van der Waals surface area contributed by atoms with Crippen LogP contribution < -0.4 is 10.6 Å². The number of amides is 1. The van der Waals surface area contributed by atoms with E-state index in [1.807, 2.05) is 12.1 Å². The lowest BCUT2D eigenvalue weighted by molar-refractivity contribution is 0.0935. The van der Waals surface area contributed by atoms with Crippen molar-refractivity contribution in [2.45, 2.75) is 45.6 Å². The molecule has 1 amide bonds. The van der Waals surface area contributed by atoms with Crippen molar-refractivity contribution in [2.24, 2.45) is 0 Å². The lowest BCUT2D eigenvalue weighted by Crippen LogP contribution is -2.34. The van der Waals surface area contributed by atoms with E-state index in [0.717, 1.165) is 43.5 Å². The van der Waals surface area contributed by atoms with Gasteiger partial charge in [0.05, 0.1) is 11.3 Å². The number of carbonyl (C=O) groups is 1. The van der Waals surface area contributed by atoms with Crippen LogP contribution in [0.25, 0.3) is 0 Å². The van der Waals surface area contributed by atoms with Gasteiger partial charge in [-0.05, 0) is 37.3 Å². The molecule has 0 aromatic heterocycles. The quantitative estimate of drug-likeness (QED) is 0.857. The maximum atomic E-state index is 12.3. The summed E-state index contributed by atoms with van der Waals surface area (Å²) >= 11 is 0. The predicted octanol–water partition coefficient (Wildman–Crippen LogP) is 2.96. The van der Waals surface area contributed by atoms with Gasteiger partial charge in [0, 0.05) is 12.6 Å². The first kappa shape index (κ1) is 12.9. The number of hydrogen-bond donors (Lipinski definition) is 2. The van der Waals surface area contributed by atoms with Gasteiger partial charge < -0.3 is 10.6 Å². The second-order valence-corrected chi connectivity index (χ2v) is 4.86. The van der Waals surface area contributed by atoms with Crippen molar-refractivity contribution < 1.29 is 4.79 Å². The molecule has 3 nitrogen and oxygen atoms in total. The van der Waals surface area contributed by atoms with Crippen LogP contribution in [0.15, 0.2) is 18.2 Å². The van der Waals surface area contributed by atoms with Crippen molar-refractivity contribution in [3.05, 3.63) is 29.3 Å². The summed E-state index contributed by atoms with van der Waals surface area (Å²) in [5.41, 5.74) is 3.09. The van der Waals surface area contributed by atoms with Gasteiger partial charge in [0.1, 0.15) is 0 Å². The number of para-hydroxylation sites is 1. The zero-order chi connectivity index (χ0) is 13.0. The second kappa shape index (κ2) is 5.89. The van der Waals surface area contributed by atoms with E-state index < -0.39 is 0 Å². The van der Waals surface area contributed by atoms with Crippen molar-refractivity contribution in [3.63, 3.8) is 0 Å². The maximum Gasteiger partial charge on any atom is 0.253 e. The van der Waals surface area contributed by atoms with Crippen LogP contribution in [-0.2, 0) is 6.42 Å². The molecule has 1 aromatic rings. The summed E-state index contributed by atoms with van der Waals surface area (Å²) in [6, 6.07) is 6.27. The Balaban J connectivity index is 2.20. The molecular formula is C15H22N2O. The molecule has 0 aliphatic carbocycles. The van der Waals surface area contributed by atoms with E-state index in [0.29, 0.717) is 0 Å².